The van der Waals surface area contributed by atoms with Gasteiger partial charge >= 0.3 is 5.97 Å². The highest BCUT2D eigenvalue weighted by atomic mass is 35.5. The minimum atomic E-state index is -0.401. The van der Waals surface area contributed by atoms with Crippen molar-refractivity contribution in [2.75, 3.05) is 6.61 Å². The van der Waals surface area contributed by atoms with Gasteiger partial charge in [-0.3, -0.25) is 4.68 Å². The number of benzene rings is 2. The van der Waals surface area contributed by atoms with E-state index in [2.05, 4.69) is 35.4 Å². The highest BCUT2D eigenvalue weighted by Crippen LogP contribution is 2.19. The van der Waals surface area contributed by atoms with E-state index >= 15 is 0 Å². The quantitative estimate of drug-likeness (QED) is 0.575. The summed E-state index contributed by atoms with van der Waals surface area (Å²) >= 11 is 6.19. The maximum absolute atomic E-state index is 11.8. The molecule has 0 saturated carbocycles. The van der Waals surface area contributed by atoms with Crippen LogP contribution in [0.25, 0.3) is 0 Å². The van der Waals surface area contributed by atoms with E-state index in [-0.39, 0.29) is 0 Å². The first-order valence-corrected chi connectivity index (χ1v) is 9.05. The van der Waals surface area contributed by atoms with Gasteiger partial charge in [0.1, 0.15) is 0 Å². The molecule has 0 aliphatic carbocycles. The Labute approximate surface area is 158 Å². The van der Waals surface area contributed by atoms with Gasteiger partial charge in [0, 0.05) is 11.2 Å². The van der Waals surface area contributed by atoms with Crippen molar-refractivity contribution in [2.45, 2.75) is 26.3 Å². The first kappa shape index (κ1) is 18.2. The molecule has 2 aromatic carbocycles. The zero-order valence-corrected chi connectivity index (χ0v) is 15.4. The van der Waals surface area contributed by atoms with Gasteiger partial charge in [-0.15, -0.1) is 0 Å². The van der Waals surface area contributed by atoms with Crippen LogP contribution in [0.5, 0.6) is 0 Å². The van der Waals surface area contributed by atoms with Crippen LogP contribution in [0.15, 0.2) is 60.8 Å². The first-order valence-electron chi connectivity index (χ1n) is 8.67. The molecule has 0 aliphatic rings. The summed E-state index contributed by atoms with van der Waals surface area (Å²) in [5.74, 6) is -0.401. The second-order valence-corrected chi connectivity index (χ2v) is 6.45. The Kier molecular flexibility index (Phi) is 6.08. The monoisotopic (exact) mass is 368 g/mol. The first-order chi connectivity index (χ1) is 12.7. The molecule has 3 rings (SSSR count). The lowest BCUT2D eigenvalue weighted by Gasteiger charge is -2.11. The number of aromatic nitrogens is 2. The fourth-order valence-electron chi connectivity index (χ4n) is 2.85. The number of esters is 1. The summed E-state index contributed by atoms with van der Waals surface area (Å²) in [5, 5.41) is 5.01. The molecule has 0 spiro atoms. The van der Waals surface area contributed by atoms with Crippen molar-refractivity contribution in [3.63, 3.8) is 0 Å². The number of carbonyl (C=O) groups excluding carboxylic acids is 1. The maximum Gasteiger partial charge on any atom is 0.358 e. The SMILES string of the molecule is CCOC(=O)c1ccn(Cc2cc(Cl)ccc2CCc2ccccc2)n1. The smallest absolute Gasteiger partial charge is 0.358 e. The summed E-state index contributed by atoms with van der Waals surface area (Å²) in [4.78, 5) is 11.8. The number of ether oxygens (including phenoxy) is 1. The van der Waals surface area contributed by atoms with E-state index in [9.17, 15) is 4.79 Å². The molecule has 0 N–H and O–H groups in total. The number of hydrogen-bond acceptors (Lipinski definition) is 3. The third-order valence-electron chi connectivity index (χ3n) is 4.15. The van der Waals surface area contributed by atoms with Crippen LogP contribution in [0.2, 0.25) is 5.02 Å². The molecule has 0 amide bonds. The van der Waals surface area contributed by atoms with E-state index in [0.29, 0.717) is 23.9 Å². The Bertz CT molecular complexity index is 875. The molecule has 0 saturated heterocycles. The zero-order valence-electron chi connectivity index (χ0n) is 14.7. The normalized spacial score (nSPS) is 10.7. The van der Waals surface area contributed by atoms with Crippen molar-refractivity contribution in [1.29, 1.82) is 0 Å². The van der Waals surface area contributed by atoms with Crippen LogP contribution in [0.3, 0.4) is 0 Å². The van der Waals surface area contributed by atoms with Gasteiger partial charge in [-0.25, -0.2) is 4.79 Å². The molecule has 1 aromatic heterocycles. The fraction of sp³-hybridized carbons (Fsp3) is 0.238. The van der Waals surface area contributed by atoms with Crippen LogP contribution >= 0.6 is 11.6 Å². The minimum Gasteiger partial charge on any atom is -0.461 e. The lowest BCUT2D eigenvalue weighted by atomic mass is 10.00. The van der Waals surface area contributed by atoms with Gasteiger partial charge in [0.05, 0.1) is 13.2 Å². The van der Waals surface area contributed by atoms with Gasteiger partial charge in [0.25, 0.3) is 0 Å². The molecule has 0 aliphatic heterocycles. The lowest BCUT2D eigenvalue weighted by Crippen LogP contribution is -2.09. The fourth-order valence-corrected chi connectivity index (χ4v) is 3.04. The Morgan fingerprint density at radius 1 is 1.08 bits per heavy atom. The largest absolute Gasteiger partial charge is 0.461 e. The van der Waals surface area contributed by atoms with Crippen molar-refractivity contribution >= 4 is 17.6 Å². The minimum absolute atomic E-state index is 0.319. The van der Waals surface area contributed by atoms with Gasteiger partial charge in [-0.05, 0) is 54.7 Å². The summed E-state index contributed by atoms with van der Waals surface area (Å²) in [6, 6.07) is 18.0. The number of nitrogens with zero attached hydrogens (tertiary/aromatic N) is 2. The van der Waals surface area contributed by atoms with E-state index in [4.69, 9.17) is 16.3 Å². The van der Waals surface area contributed by atoms with Crippen molar-refractivity contribution in [3.8, 4) is 0 Å². The van der Waals surface area contributed by atoms with Gasteiger partial charge < -0.3 is 4.74 Å². The standard InChI is InChI=1S/C21H21ClN2O2/c1-2-26-21(25)20-12-13-24(23-20)15-18-14-19(22)11-10-17(18)9-8-16-6-4-3-5-7-16/h3-7,10-14H,2,8-9,15H2,1H3. The predicted molar refractivity (Wildman–Crippen MR) is 103 cm³/mol. The van der Waals surface area contributed by atoms with Gasteiger partial charge in [-0.2, -0.15) is 5.10 Å². The van der Waals surface area contributed by atoms with E-state index < -0.39 is 5.97 Å². The third kappa shape index (κ3) is 4.73. The molecule has 26 heavy (non-hydrogen) atoms. The Balaban J connectivity index is 1.74. The lowest BCUT2D eigenvalue weighted by molar-refractivity contribution is 0.0518. The van der Waals surface area contributed by atoms with E-state index in [1.807, 2.05) is 18.2 Å². The third-order valence-corrected chi connectivity index (χ3v) is 4.39. The summed E-state index contributed by atoms with van der Waals surface area (Å²) in [6.07, 6.45) is 3.67. The highest BCUT2D eigenvalue weighted by Gasteiger charge is 2.11. The average Bonchev–Trinajstić information content (AvgIpc) is 3.11. The van der Waals surface area contributed by atoms with Gasteiger partial charge in [0.2, 0.25) is 0 Å². The number of hydrogen-bond donors (Lipinski definition) is 0. The van der Waals surface area contributed by atoms with Crippen molar-refractivity contribution < 1.29 is 9.53 Å². The van der Waals surface area contributed by atoms with Gasteiger partial charge in [0.15, 0.2) is 5.69 Å². The molecule has 0 bridgehead atoms. The summed E-state index contributed by atoms with van der Waals surface area (Å²) in [7, 11) is 0. The Morgan fingerprint density at radius 2 is 1.88 bits per heavy atom. The molecule has 0 fully saturated rings. The van der Waals surface area contributed by atoms with Crippen molar-refractivity contribution in [2.24, 2.45) is 0 Å². The number of halogens is 1. The molecular formula is C21H21ClN2O2. The van der Waals surface area contributed by atoms with Crippen LogP contribution in [0, 0.1) is 0 Å². The average molecular weight is 369 g/mol. The van der Waals surface area contributed by atoms with Gasteiger partial charge in [-0.1, -0.05) is 48.0 Å². The van der Waals surface area contributed by atoms with E-state index in [1.54, 1.807) is 23.9 Å². The topological polar surface area (TPSA) is 44.1 Å². The molecular weight excluding hydrogens is 348 g/mol. The van der Waals surface area contributed by atoms with E-state index in [0.717, 1.165) is 18.4 Å². The molecule has 134 valence electrons. The molecule has 4 nitrogen and oxygen atoms in total. The molecule has 1 heterocycles. The van der Waals surface area contributed by atoms with Crippen LogP contribution in [-0.4, -0.2) is 22.4 Å². The molecule has 5 heteroatoms. The molecule has 0 atom stereocenters. The molecule has 3 aromatic rings. The second-order valence-electron chi connectivity index (χ2n) is 6.02. The van der Waals surface area contributed by atoms with Crippen molar-refractivity contribution in [3.05, 3.63) is 88.2 Å². The van der Waals surface area contributed by atoms with Crippen LogP contribution in [0.4, 0.5) is 0 Å². The van der Waals surface area contributed by atoms with Crippen molar-refractivity contribution in [1.82, 2.24) is 9.78 Å². The summed E-state index contributed by atoms with van der Waals surface area (Å²) in [6.45, 7) is 2.67. The number of aryl methyl sites for hydroxylation is 2. The number of carbonyl (C=O) groups is 1. The van der Waals surface area contributed by atoms with Crippen LogP contribution in [0.1, 0.15) is 34.1 Å². The summed E-state index contributed by atoms with van der Waals surface area (Å²) in [5.41, 5.74) is 3.95. The molecule has 0 unspecified atom stereocenters. The van der Waals surface area contributed by atoms with Crippen LogP contribution in [-0.2, 0) is 24.1 Å². The summed E-state index contributed by atoms with van der Waals surface area (Å²) < 4.78 is 6.73. The van der Waals surface area contributed by atoms with E-state index in [1.165, 1.54) is 11.1 Å². The molecule has 0 radical (unpaired) electrons. The highest BCUT2D eigenvalue weighted by molar-refractivity contribution is 6.30. The zero-order chi connectivity index (χ0) is 18.4. The Morgan fingerprint density at radius 3 is 2.65 bits per heavy atom. The second kappa shape index (κ2) is 8.68. The number of rotatable bonds is 7. The maximum atomic E-state index is 11.8. The predicted octanol–water partition coefficient (Wildman–Crippen LogP) is 4.55. The Hall–Kier alpha value is -2.59. The van der Waals surface area contributed by atoms with Crippen LogP contribution < -0.4 is 0 Å².